The zero-order valence-corrected chi connectivity index (χ0v) is 7.27. The molecular weight excluding hydrogens is 179 g/mol. The average molecular weight is 189 g/mol. The molecule has 1 fully saturated rings. The van der Waals surface area contributed by atoms with Crippen LogP contribution in [0, 0.1) is 5.82 Å². The molecule has 12 heavy (non-hydrogen) atoms. The van der Waals surface area contributed by atoms with Crippen molar-refractivity contribution in [2.45, 2.75) is 18.4 Å². The second-order valence-corrected chi connectivity index (χ2v) is 3.05. The van der Waals surface area contributed by atoms with Gasteiger partial charge in [-0.2, -0.15) is 0 Å². The van der Waals surface area contributed by atoms with Gasteiger partial charge in [-0.3, -0.25) is 4.98 Å². The van der Waals surface area contributed by atoms with E-state index in [-0.39, 0.29) is 23.8 Å². The molecule has 1 aliphatic rings. The van der Waals surface area contributed by atoms with Crippen molar-refractivity contribution in [3.63, 3.8) is 0 Å². The third-order valence-electron chi connectivity index (χ3n) is 2.07. The number of pyridine rings is 1. The Kier molecular flexibility index (Phi) is 2.35. The van der Waals surface area contributed by atoms with Gasteiger partial charge in [0.05, 0.1) is 6.20 Å². The van der Waals surface area contributed by atoms with Crippen molar-refractivity contribution in [2.75, 3.05) is 0 Å². The van der Waals surface area contributed by atoms with Gasteiger partial charge in [-0.1, -0.05) is 0 Å². The largest absolute Gasteiger partial charge is 0.321 e. The van der Waals surface area contributed by atoms with Gasteiger partial charge in [0.15, 0.2) is 0 Å². The molecule has 1 heterocycles. The molecule has 2 N–H and O–H groups in total. The highest BCUT2D eigenvalue weighted by Crippen LogP contribution is 2.42. The first-order valence-electron chi connectivity index (χ1n) is 3.61. The minimum atomic E-state index is -0.306. The Morgan fingerprint density at radius 2 is 2.08 bits per heavy atom. The summed E-state index contributed by atoms with van der Waals surface area (Å²) in [5.41, 5.74) is 6.38. The van der Waals surface area contributed by atoms with Crippen molar-refractivity contribution in [3.8, 4) is 0 Å². The highest BCUT2D eigenvalue weighted by molar-refractivity contribution is 5.85. The number of nitrogens with two attached hydrogens (primary N) is 1. The van der Waals surface area contributed by atoms with Crippen molar-refractivity contribution in [1.82, 2.24) is 4.98 Å². The maximum absolute atomic E-state index is 12.6. The molecule has 2 rings (SSSR count). The lowest BCUT2D eigenvalue weighted by atomic mass is 10.1. The molecule has 4 heteroatoms. The van der Waals surface area contributed by atoms with Crippen LogP contribution in [-0.4, -0.2) is 4.98 Å². The molecule has 1 saturated carbocycles. The first kappa shape index (κ1) is 9.42. The van der Waals surface area contributed by atoms with Gasteiger partial charge in [0.1, 0.15) is 5.82 Å². The molecule has 66 valence electrons. The third kappa shape index (κ3) is 1.57. The molecule has 0 atom stereocenters. The van der Waals surface area contributed by atoms with Gasteiger partial charge in [-0.25, -0.2) is 4.39 Å². The van der Waals surface area contributed by atoms with Gasteiger partial charge in [0.25, 0.3) is 0 Å². The predicted molar refractivity (Wildman–Crippen MR) is 46.5 cm³/mol. The SMILES string of the molecule is Cl.NC1(c2cncc(F)c2)CC1. The molecule has 0 spiro atoms. The molecule has 0 bridgehead atoms. The third-order valence-corrected chi connectivity index (χ3v) is 2.07. The van der Waals surface area contributed by atoms with Crippen LogP contribution in [0.15, 0.2) is 18.5 Å². The van der Waals surface area contributed by atoms with E-state index in [1.54, 1.807) is 6.20 Å². The Hall–Kier alpha value is -0.670. The minimum absolute atomic E-state index is 0. The van der Waals surface area contributed by atoms with Crippen LogP contribution in [0.5, 0.6) is 0 Å². The molecule has 0 aliphatic heterocycles. The second kappa shape index (κ2) is 2.99. The normalized spacial score (nSPS) is 18.2. The van der Waals surface area contributed by atoms with Gasteiger partial charge >= 0.3 is 0 Å². The fraction of sp³-hybridized carbons (Fsp3) is 0.375. The Morgan fingerprint density at radius 1 is 1.42 bits per heavy atom. The Morgan fingerprint density at radius 3 is 2.58 bits per heavy atom. The average Bonchev–Trinajstić information content (AvgIpc) is 2.70. The summed E-state index contributed by atoms with van der Waals surface area (Å²) in [6.07, 6.45) is 4.71. The summed E-state index contributed by atoms with van der Waals surface area (Å²) in [4.78, 5) is 3.74. The first-order chi connectivity index (χ1) is 5.21. The topological polar surface area (TPSA) is 38.9 Å². The van der Waals surface area contributed by atoms with E-state index in [0.717, 1.165) is 18.4 Å². The van der Waals surface area contributed by atoms with E-state index in [2.05, 4.69) is 4.98 Å². The molecule has 1 aromatic heterocycles. The number of halogens is 2. The first-order valence-corrected chi connectivity index (χ1v) is 3.61. The summed E-state index contributed by atoms with van der Waals surface area (Å²) in [6.45, 7) is 0. The standard InChI is InChI=1S/C8H9FN2.ClH/c9-7-3-6(4-11-5-7)8(10)1-2-8;/h3-5H,1-2,10H2;1H. The second-order valence-electron chi connectivity index (χ2n) is 3.05. The van der Waals surface area contributed by atoms with Crippen molar-refractivity contribution in [1.29, 1.82) is 0 Å². The van der Waals surface area contributed by atoms with Crippen molar-refractivity contribution >= 4 is 12.4 Å². The maximum Gasteiger partial charge on any atom is 0.141 e. The van der Waals surface area contributed by atoms with E-state index < -0.39 is 0 Å². The van der Waals surface area contributed by atoms with Gasteiger partial charge in [0, 0.05) is 11.7 Å². The van der Waals surface area contributed by atoms with E-state index in [1.165, 1.54) is 12.3 Å². The zero-order valence-electron chi connectivity index (χ0n) is 6.46. The summed E-state index contributed by atoms with van der Waals surface area (Å²) >= 11 is 0. The highest BCUT2D eigenvalue weighted by Gasteiger charge is 2.40. The minimum Gasteiger partial charge on any atom is -0.321 e. The van der Waals surface area contributed by atoms with E-state index in [9.17, 15) is 4.39 Å². The van der Waals surface area contributed by atoms with Crippen LogP contribution in [0.25, 0.3) is 0 Å². The fourth-order valence-electron chi connectivity index (χ4n) is 1.11. The van der Waals surface area contributed by atoms with Gasteiger partial charge in [-0.05, 0) is 24.5 Å². The van der Waals surface area contributed by atoms with Crippen LogP contribution in [0.2, 0.25) is 0 Å². The van der Waals surface area contributed by atoms with Gasteiger partial charge < -0.3 is 5.73 Å². The molecule has 0 unspecified atom stereocenters. The molecular formula is C8H10ClFN2. The van der Waals surface area contributed by atoms with Crippen LogP contribution in [-0.2, 0) is 5.54 Å². The lowest BCUT2D eigenvalue weighted by Gasteiger charge is -2.06. The Bertz CT molecular complexity index is 286. The molecule has 1 aliphatic carbocycles. The maximum atomic E-state index is 12.6. The van der Waals surface area contributed by atoms with E-state index in [1.807, 2.05) is 0 Å². The molecule has 1 aromatic rings. The van der Waals surface area contributed by atoms with Crippen LogP contribution in [0.4, 0.5) is 4.39 Å². The van der Waals surface area contributed by atoms with Crippen molar-refractivity contribution in [3.05, 3.63) is 29.8 Å². The van der Waals surface area contributed by atoms with E-state index >= 15 is 0 Å². The summed E-state index contributed by atoms with van der Waals surface area (Å²) in [5, 5.41) is 0. The van der Waals surface area contributed by atoms with Gasteiger partial charge in [-0.15, -0.1) is 12.4 Å². The summed E-state index contributed by atoms with van der Waals surface area (Å²) in [7, 11) is 0. The number of aromatic nitrogens is 1. The predicted octanol–water partition coefficient (Wildman–Crippen LogP) is 1.59. The monoisotopic (exact) mass is 188 g/mol. The Labute approximate surface area is 76.4 Å². The van der Waals surface area contributed by atoms with Crippen LogP contribution in [0.1, 0.15) is 18.4 Å². The number of rotatable bonds is 1. The van der Waals surface area contributed by atoms with Gasteiger partial charge in [0.2, 0.25) is 0 Å². The van der Waals surface area contributed by atoms with Crippen LogP contribution < -0.4 is 5.73 Å². The zero-order chi connectivity index (χ0) is 7.90. The summed E-state index contributed by atoms with van der Waals surface area (Å²) in [6, 6.07) is 1.46. The lowest BCUT2D eigenvalue weighted by Crippen LogP contribution is -2.18. The van der Waals surface area contributed by atoms with Crippen molar-refractivity contribution in [2.24, 2.45) is 5.73 Å². The molecule has 0 aromatic carbocycles. The molecule has 0 saturated heterocycles. The van der Waals surface area contributed by atoms with Crippen LogP contribution >= 0.6 is 12.4 Å². The molecule has 2 nitrogen and oxygen atoms in total. The number of nitrogens with zero attached hydrogens (tertiary/aromatic N) is 1. The number of hydrogen-bond acceptors (Lipinski definition) is 2. The fourth-order valence-corrected chi connectivity index (χ4v) is 1.11. The number of hydrogen-bond donors (Lipinski definition) is 1. The van der Waals surface area contributed by atoms with Crippen LogP contribution in [0.3, 0.4) is 0 Å². The lowest BCUT2D eigenvalue weighted by molar-refractivity contribution is 0.610. The van der Waals surface area contributed by atoms with E-state index in [0.29, 0.717) is 0 Å². The quantitative estimate of drug-likeness (QED) is 0.727. The van der Waals surface area contributed by atoms with Crippen molar-refractivity contribution < 1.29 is 4.39 Å². The summed E-state index contributed by atoms with van der Waals surface area (Å²) < 4.78 is 12.6. The highest BCUT2D eigenvalue weighted by atomic mass is 35.5. The molecule has 0 radical (unpaired) electrons. The molecule has 0 amide bonds. The Balaban J connectivity index is 0.000000720. The summed E-state index contributed by atoms with van der Waals surface area (Å²) in [5.74, 6) is -0.306. The van der Waals surface area contributed by atoms with E-state index in [4.69, 9.17) is 5.73 Å². The smallest absolute Gasteiger partial charge is 0.141 e.